The van der Waals surface area contributed by atoms with Crippen LogP contribution in [0.3, 0.4) is 0 Å². The molecular weight excluding hydrogens is 384 g/mol. The molecule has 1 aromatic carbocycles. The molecule has 2 fully saturated rings. The Hall–Kier alpha value is -3.13. The quantitative estimate of drug-likeness (QED) is 0.828. The van der Waals surface area contributed by atoms with Crippen molar-refractivity contribution in [2.75, 3.05) is 39.4 Å². The Morgan fingerprint density at radius 1 is 0.967 bits per heavy atom. The predicted molar refractivity (Wildman–Crippen MR) is 112 cm³/mol. The zero-order chi connectivity index (χ0) is 20.9. The highest BCUT2D eigenvalue weighted by molar-refractivity contribution is 5.94. The van der Waals surface area contributed by atoms with Gasteiger partial charge in [-0.25, -0.2) is 4.79 Å². The van der Waals surface area contributed by atoms with E-state index in [2.05, 4.69) is 5.32 Å². The lowest BCUT2D eigenvalue weighted by atomic mass is 10.1. The normalized spacial score (nSPS) is 19.4. The summed E-state index contributed by atoms with van der Waals surface area (Å²) < 4.78 is 6.83. The third-order valence-electron chi connectivity index (χ3n) is 5.37. The fraction of sp³-hybridized carbons (Fsp3) is 0.364. The number of amides is 3. The summed E-state index contributed by atoms with van der Waals surface area (Å²) in [4.78, 5) is 40.9. The van der Waals surface area contributed by atoms with Crippen molar-refractivity contribution in [1.29, 1.82) is 0 Å². The number of nitrogens with one attached hydrogen (secondary N) is 1. The Labute approximate surface area is 175 Å². The zero-order valence-electron chi connectivity index (χ0n) is 16.7. The van der Waals surface area contributed by atoms with Crippen molar-refractivity contribution in [3.05, 3.63) is 71.0 Å². The molecule has 4 rings (SSSR count). The molecule has 0 saturated carbocycles. The SMILES string of the molecule is O=C(NC1[CH]CCN(C(=O)N2CCOCC2)C1)c1ccc(-n2ccccc2=O)cc1. The van der Waals surface area contributed by atoms with Gasteiger partial charge in [0.05, 0.1) is 19.3 Å². The van der Waals surface area contributed by atoms with Crippen LogP contribution in [0.15, 0.2) is 53.5 Å². The van der Waals surface area contributed by atoms with Gasteiger partial charge in [-0.1, -0.05) is 6.07 Å². The molecule has 2 aromatic rings. The van der Waals surface area contributed by atoms with Crippen LogP contribution in [-0.2, 0) is 4.74 Å². The molecule has 3 heterocycles. The number of likely N-dealkylation sites (tertiary alicyclic amines) is 1. The number of urea groups is 1. The molecule has 8 nitrogen and oxygen atoms in total. The number of aromatic nitrogens is 1. The van der Waals surface area contributed by atoms with Crippen molar-refractivity contribution in [2.45, 2.75) is 12.5 Å². The van der Waals surface area contributed by atoms with Gasteiger partial charge in [0.15, 0.2) is 0 Å². The van der Waals surface area contributed by atoms with Crippen LogP contribution in [0.5, 0.6) is 0 Å². The molecule has 2 aliphatic rings. The maximum absolute atomic E-state index is 12.7. The third-order valence-corrected chi connectivity index (χ3v) is 5.37. The summed E-state index contributed by atoms with van der Waals surface area (Å²) in [6.07, 6.45) is 4.46. The van der Waals surface area contributed by atoms with Gasteiger partial charge in [0.2, 0.25) is 0 Å². The number of benzene rings is 1. The molecule has 2 aliphatic heterocycles. The Kier molecular flexibility index (Phi) is 6.13. The first-order valence-electron chi connectivity index (χ1n) is 10.2. The molecule has 157 valence electrons. The van der Waals surface area contributed by atoms with Crippen molar-refractivity contribution in [3.8, 4) is 5.69 Å². The fourth-order valence-electron chi connectivity index (χ4n) is 3.73. The summed E-state index contributed by atoms with van der Waals surface area (Å²) in [6.45, 7) is 3.45. The Morgan fingerprint density at radius 2 is 1.73 bits per heavy atom. The first-order valence-corrected chi connectivity index (χ1v) is 10.2. The Bertz CT molecular complexity index is 950. The first-order chi connectivity index (χ1) is 14.6. The van der Waals surface area contributed by atoms with Crippen LogP contribution in [0.25, 0.3) is 5.69 Å². The standard InChI is InChI=1S/C22H25N4O4/c27-20-5-1-2-11-26(20)19-8-6-17(7-9-19)21(28)23-18-4-3-10-25(16-18)22(29)24-12-14-30-15-13-24/h1-2,4-9,11,18H,3,10,12-16H2,(H,23,28). The van der Waals surface area contributed by atoms with E-state index in [1.165, 1.54) is 10.6 Å². The first kappa shape index (κ1) is 20.2. The van der Waals surface area contributed by atoms with E-state index in [1.807, 2.05) is 6.42 Å². The minimum atomic E-state index is -0.205. The minimum Gasteiger partial charge on any atom is -0.378 e. The topological polar surface area (TPSA) is 83.9 Å². The van der Waals surface area contributed by atoms with Gasteiger partial charge in [-0.3, -0.25) is 14.2 Å². The van der Waals surface area contributed by atoms with Crippen molar-refractivity contribution >= 4 is 11.9 Å². The summed E-state index contributed by atoms with van der Waals surface area (Å²) in [5.74, 6) is -0.205. The lowest BCUT2D eigenvalue weighted by molar-refractivity contribution is 0.0415. The number of ether oxygens (including phenoxy) is 1. The van der Waals surface area contributed by atoms with Crippen molar-refractivity contribution in [3.63, 3.8) is 0 Å². The van der Waals surface area contributed by atoms with E-state index in [0.29, 0.717) is 50.6 Å². The van der Waals surface area contributed by atoms with Crippen LogP contribution < -0.4 is 10.9 Å². The van der Waals surface area contributed by atoms with E-state index in [4.69, 9.17) is 4.74 Å². The molecule has 30 heavy (non-hydrogen) atoms. The van der Waals surface area contributed by atoms with Crippen LogP contribution in [0.4, 0.5) is 4.79 Å². The van der Waals surface area contributed by atoms with Crippen LogP contribution >= 0.6 is 0 Å². The summed E-state index contributed by atoms with van der Waals surface area (Å²) >= 11 is 0. The third kappa shape index (κ3) is 4.54. The van der Waals surface area contributed by atoms with E-state index in [0.717, 1.165) is 6.42 Å². The number of piperidine rings is 1. The van der Waals surface area contributed by atoms with E-state index in [-0.39, 0.29) is 23.5 Å². The highest BCUT2D eigenvalue weighted by atomic mass is 16.5. The highest BCUT2D eigenvalue weighted by Gasteiger charge is 2.29. The molecule has 1 radical (unpaired) electrons. The van der Waals surface area contributed by atoms with Crippen LogP contribution in [0.2, 0.25) is 0 Å². The molecule has 1 atom stereocenters. The van der Waals surface area contributed by atoms with Gasteiger partial charge in [0.1, 0.15) is 0 Å². The van der Waals surface area contributed by atoms with Gasteiger partial charge in [0, 0.05) is 49.7 Å². The predicted octanol–water partition coefficient (Wildman–Crippen LogP) is 1.30. The molecule has 1 unspecified atom stereocenters. The second-order valence-electron chi connectivity index (χ2n) is 7.39. The number of rotatable bonds is 3. The average Bonchev–Trinajstić information content (AvgIpc) is 2.80. The van der Waals surface area contributed by atoms with Crippen LogP contribution in [-0.4, -0.2) is 71.7 Å². The lowest BCUT2D eigenvalue weighted by Gasteiger charge is -2.37. The number of morpholine rings is 1. The molecule has 2 saturated heterocycles. The van der Waals surface area contributed by atoms with E-state index in [9.17, 15) is 14.4 Å². The fourth-order valence-corrected chi connectivity index (χ4v) is 3.73. The van der Waals surface area contributed by atoms with Crippen molar-refractivity contribution < 1.29 is 14.3 Å². The second-order valence-corrected chi connectivity index (χ2v) is 7.39. The second kappa shape index (κ2) is 9.13. The molecule has 0 bridgehead atoms. The number of hydrogen-bond donors (Lipinski definition) is 1. The van der Waals surface area contributed by atoms with E-state index >= 15 is 0 Å². The maximum atomic E-state index is 12.7. The number of pyridine rings is 1. The number of hydrogen-bond acceptors (Lipinski definition) is 4. The molecule has 8 heteroatoms. The highest BCUT2D eigenvalue weighted by Crippen LogP contribution is 2.14. The summed E-state index contributed by atoms with van der Waals surface area (Å²) in [6, 6.07) is 11.6. The monoisotopic (exact) mass is 409 g/mol. The zero-order valence-corrected chi connectivity index (χ0v) is 16.7. The largest absolute Gasteiger partial charge is 0.378 e. The molecule has 0 aliphatic carbocycles. The smallest absolute Gasteiger partial charge is 0.320 e. The molecule has 0 spiro atoms. The number of nitrogens with zero attached hydrogens (tertiary/aromatic N) is 3. The van der Waals surface area contributed by atoms with Crippen LogP contribution in [0, 0.1) is 6.42 Å². The van der Waals surface area contributed by atoms with Crippen LogP contribution in [0.1, 0.15) is 16.8 Å². The minimum absolute atomic E-state index is 0.00306. The van der Waals surface area contributed by atoms with Crippen molar-refractivity contribution in [1.82, 2.24) is 19.7 Å². The van der Waals surface area contributed by atoms with E-state index < -0.39 is 0 Å². The van der Waals surface area contributed by atoms with Crippen molar-refractivity contribution in [2.24, 2.45) is 0 Å². The Balaban J connectivity index is 1.37. The van der Waals surface area contributed by atoms with Gasteiger partial charge in [0.25, 0.3) is 11.5 Å². The van der Waals surface area contributed by atoms with E-state index in [1.54, 1.807) is 52.4 Å². The lowest BCUT2D eigenvalue weighted by Crippen LogP contribution is -2.55. The molecular formula is C22H25N4O4. The van der Waals surface area contributed by atoms with Gasteiger partial charge >= 0.3 is 6.03 Å². The van der Waals surface area contributed by atoms with Gasteiger partial charge in [-0.2, -0.15) is 0 Å². The molecule has 3 amide bonds. The summed E-state index contributed by atoms with van der Waals surface area (Å²) in [5.41, 5.74) is 1.08. The van der Waals surface area contributed by atoms with Gasteiger partial charge < -0.3 is 19.9 Å². The Morgan fingerprint density at radius 3 is 2.47 bits per heavy atom. The number of carbonyl (C=O) groups excluding carboxylic acids is 2. The summed E-state index contributed by atoms with van der Waals surface area (Å²) in [5, 5.41) is 2.99. The summed E-state index contributed by atoms with van der Waals surface area (Å²) in [7, 11) is 0. The molecule has 1 aromatic heterocycles. The average molecular weight is 409 g/mol. The number of carbonyl (C=O) groups is 2. The molecule has 1 N–H and O–H groups in total. The van der Waals surface area contributed by atoms with Gasteiger partial charge in [-0.05, 0) is 43.2 Å². The van der Waals surface area contributed by atoms with Gasteiger partial charge in [-0.15, -0.1) is 0 Å². The maximum Gasteiger partial charge on any atom is 0.320 e.